The summed E-state index contributed by atoms with van der Waals surface area (Å²) in [6.45, 7) is 1.51. The van der Waals surface area contributed by atoms with Gasteiger partial charge in [-0.15, -0.1) is 0 Å². The van der Waals surface area contributed by atoms with Crippen LogP contribution in [0.5, 0.6) is 0 Å². The summed E-state index contributed by atoms with van der Waals surface area (Å²) in [7, 11) is 0. The van der Waals surface area contributed by atoms with Crippen LogP contribution in [0.1, 0.15) is 63.6 Å². The van der Waals surface area contributed by atoms with Gasteiger partial charge in [-0.25, -0.2) is 9.67 Å². The number of aryl methyl sites for hydroxylation is 1. The van der Waals surface area contributed by atoms with Gasteiger partial charge in [0.1, 0.15) is 18.2 Å². The van der Waals surface area contributed by atoms with E-state index in [1.54, 1.807) is 11.0 Å². The topological polar surface area (TPSA) is 128 Å². The number of hydrogen-bond acceptors (Lipinski definition) is 7. The monoisotopic (exact) mass is 437 g/mol. The molecule has 2 heterocycles. The van der Waals surface area contributed by atoms with E-state index in [-0.39, 0.29) is 18.2 Å². The summed E-state index contributed by atoms with van der Waals surface area (Å²) in [6.07, 6.45) is 9.31. The number of aromatic nitrogens is 5. The quantitative estimate of drug-likeness (QED) is 0.544. The van der Waals surface area contributed by atoms with Crippen molar-refractivity contribution in [3.63, 3.8) is 0 Å². The second kappa shape index (κ2) is 9.71. The molecule has 1 aliphatic carbocycles. The van der Waals surface area contributed by atoms with Crippen molar-refractivity contribution in [2.45, 2.75) is 63.8 Å². The van der Waals surface area contributed by atoms with Crippen LogP contribution in [0.4, 0.5) is 5.69 Å². The predicted molar refractivity (Wildman–Crippen MR) is 116 cm³/mol. The van der Waals surface area contributed by atoms with Crippen molar-refractivity contribution in [3.05, 3.63) is 48.6 Å². The first-order valence-corrected chi connectivity index (χ1v) is 10.9. The summed E-state index contributed by atoms with van der Waals surface area (Å²) in [5.41, 5.74) is 0.768. The van der Waals surface area contributed by atoms with Crippen LogP contribution in [0.3, 0.4) is 0 Å². The van der Waals surface area contributed by atoms with Gasteiger partial charge in [0, 0.05) is 19.8 Å². The molecule has 4 rings (SSSR count). The summed E-state index contributed by atoms with van der Waals surface area (Å²) < 4.78 is 7.03. The summed E-state index contributed by atoms with van der Waals surface area (Å²) >= 11 is 0. The van der Waals surface area contributed by atoms with Crippen LogP contribution in [-0.4, -0.2) is 36.7 Å². The second-order valence-electron chi connectivity index (χ2n) is 8.09. The molecule has 0 atom stereocenters. The van der Waals surface area contributed by atoms with Crippen molar-refractivity contribution in [1.29, 1.82) is 0 Å². The van der Waals surface area contributed by atoms with Gasteiger partial charge in [-0.05, 0) is 25.0 Å². The summed E-state index contributed by atoms with van der Waals surface area (Å²) in [6, 6.07) is 7.37. The minimum atomic E-state index is -0.594. The van der Waals surface area contributed by atoms with Crippen LogP contribution >= 0.6 is 0 Å². The minimum Gasteiger partial charge on any atom is -0.343 e. The number of rotatable bonds is 7. The molecule has 2 aromatic heterocycles. The summed E-state index contributed by atoms with van der Waals surface area (Å²) in [5.74, 6) is 0.599. The fourth-order valence-corrected chi connectivity index (χ4v) is 4.17. The molecule has 0 spiro atoms. The largest absolute Gasteiger partial charge is 0.343 e. The Morgan fingerprint density at radius 2 is 1.94 bits per heavy atom. The molecule has 1 saturated carbocycles. The van der Waals surface area contributed by atoms with E-state index in [9.17, 15) is 9.59 Å². The SMILES string of the molecule is CC(=O)NC1(c2noc(CCC(=O)Nc3ccccc3-n3cncn3)n2)CCCCCC1. The van der Waals surface area contributed by atoms with Crippen molar-refractivity contribution in [1.82, 2.24) is 30.2 Å². The lowest BCUT2D eigenvalue weighted by atomic mass is 9.89. The van der Waals surface area contributed by atoms with Gasteiger partial charge >= 0.3 is 0 Å². The molecule has 10 nitrogen and oxygen atoms in total. The zero-order chi connectivity index (χ0) is 22.4. The van der Waals surface area contributed by atoms with E-state index in [2.05, 4.69) is 30.9 Å². The number of anilines is 1. The lowest BCUT2D eigenvalue weighted by molar-refractivity contribution is -0.121. The third-order valence-electron chi connectivity index (χ3n) is 5.68. The normalized spacial score (nSPS) is 15.7. The van der Waals surface area contributed by atoms with Gasteiger partial charge in [0.25, 0.3) is 0 Å². The molecule has 0 radical (unpaired) electrons. The van der Waals surface area contributed by atoms with Gasteiger partial charge in [0.2, 0.25) is 17.7 Å². The van der Waals surface area contributed by atoms with Gasteiger partial charge in [-0.2, -0.15) is 10.1 Å². The molecule has 2 N–H and O–H groups in total. The first-order valence-electron chi connectivity index (χ1n) is 10.9. The molecule has 168 valence electrons. The molecule has 3 aromatic rings. The van der Waals surface area contributed by atoms with Crippen molar-refractivity contribution in [2.75, 3.05) is 5.32 Å². The van der Waals surface area contributed by atoms with Crippen molar-refractivity contribution in [3.8, 4) is 5.69 Å². The van der Waals surface area contributed by atoms with Crippen LogP contribution in [0.15, 0.2) is 41.4 Å². The smallest absolute Gasteiger partial charge is 0.227 e. The van der Waals surface area contributed by atoms with E-state index in [1.165, 1.54) is 13.3 Å². The zero-order valence-electron chi connectivity index (χ0n) is 18.1. The van der Waals surface area contributed by atoms with Crippen molar-refractivity contribution >= 4 is 17.5 Å². The summed E-state index contributed by atoms with van der Waals surface area (Å²) in [5, 5.41) is 14.3. The van der Waals surface area contributed by atoms with E-state index < -0.39 is 5.54 Å². The van der Waals surface area contributed by atoms with E-state index in [0.29, 0.717) is 23.8 Å². The fourth-order valence-electron chi connectivity index (χ4n) is 4.17. The molecule has 2 amide bonds. The Bertz CT molecular complexity index is 1050. The molecule has 10 heteroatoms. The highest BCUT2D eigenvalue weighted by atomic mass is 16.5. The first kappa shape index (κ1) is 21.7. The maximum atomic E-state index is 12.6. The zero-order valence-corrected chi connectivity index (χ0v) is 18.1. The Kier molecular flexibility index (Phi) is 6.58. The molecule has 1 fully saturated rings. The standard InChI is InChI=1S/C22H27N7O3/c1-16(30)27-22(12-6-2-3-7-13-22)21-26-20(32-28-21)11-10-19(31)25-17-8-4-5-9-18(17)29-15-23-14-24-29/h4-5,8-9,14-15H,2-3,6-7,10-13H2,1H3,(H,25,31)(H,27,30). The number of hydrogen-bond donors (Lipinski definition) is 2. The molecule has 32 heavy (non-hydrogen) atoms. The van der Waals surface area contributed by atoms with E-state index >= 15 is 0 Å². The third kappa shape index (κ3) is 5.01. The van der Waals surface area contributed by atoms with Crippen LogP contribution in [0, 0.1) is 0 Å². The Morgan fingerprint density at radius 1 is 1.16 bits per heavy atom. The predicted octanol–water partition coefficient (Wildman–Crippen LogP) is 2.91. The van der Waals surface area contributed by atoms with Gasteiger partial charge in [-0.1, -0.05) is 43.0 Å². The lowest BCUT2D eigenvalue weighted by Crippen LogP contribution is -2.45. The molecular weight excluding hydrogens is 410 g/mol. The van der Waals surface area contributed by atoms with E-state index in [4.69, 9.17) is 4.52 Å². The second-order valence-corrected chi connectivity index (χ2v) is 8.09. The third-order valence-corrected chi connectivity index (χ3v) is 5.68. The highest BCUT2D eigenvalue weighted by Crippen LogP contribution is 2.34. The van der Waals surface area contributed by atoms with Crippen LogP contribution in [-0.2, 0) is 21.5 Å². The first-order chi connectivity index (χ1) is 15.6. The van der Waals surface area contributed by atoms with Gasteiger partial charge < -0.3 is 15.2 Å². The fraction of sp³-hybridized carbons (Fsp3) is 0.455. The lowest BCUT2D eigenvalue weighted by Gasteiger charge is -2.30. The highest BCUT2D eigenvalue weighted by Gasteiger charge is 2.38. The molecule has 1 aromatic carbocycles. The number of para-hydroxylation sites is 2. The van der Waals surface area contributed by atoms with Crippen molar-refractivity contribution in [2.24, 2.45) is 0 Å². The number of amides is 2. The molecule has 0 saturated heterocycles. The van der Waals surface area contributed by atoms with Gasteiger partial charge in [0.15, 0.2) is 5.82 Å². The number of nitrogens with one attached hydrogen (secondary N) is 2. The average molecular weight is 438 g/mol. The molecule has 1 aliphatic rings. The average Bonchev–Trinajstić information content (AvgIpc) is 3.43. The van der Waals surface area contributed by atoms with E-state index in [0.717, 1.165) is 44.2 Å². The van der Waals surface area contributed by atoms with Gasteiger partial charge in [-0.3, -0.25) is 9.59 Å². The van der Waals surface area contributed by atoms with Gasteiger partial charge in [0.05, 0.1) is 11.4 Å². The maximum absolute atomic E-state index is 12.6. The van der Waals surface area contributed by atoms with Crippen LogP contribution in [0.2, 0.25) is 0 Å². The highest BCUT2D eigenvalue weighted by molar-refractivity contribution is 5.92. The Balaban J connectivity index is 1.41. The molecule has 0 bridgehead atoms. The van der Waals surface area contributed by atoms with E-state index in [1.807, 2.05) is 24.3 Å². The molecular formula is C22H27N7O3. The van der Waals surface area contributed by atoms with Crippen molar-refractivity contribution < 1.29 is 14.1 Å². The maximum Gasteiger partial charge on any atom is 0.227 e. The van der Waals surface area contributed by atoms with Crippen LogP contribution < -0.4 is 10.6 Å². The molecule has 0 unspecified atom stereocenters. The number of benzene rings is 1. The Labute approximate surface area is 185 Å². The minimum absolute atomic E-state index is 0.108. The number of carbonyl (C=O) groups is 2. The number of nitrogens with zero attached hydrogens (tertiary/aromatic N) is 5. The number of carbonyl (C=O) groups excluding carboxylic acids is 2. The summed E-state index contributed by atoms with van der Waals surface area (Å²) in [4.78, 5) is 32.9. The molecule has 0 aliphatic heterocycles. The Hall–Kier alpha value is -3.56. The van der Waals surface area contributed by atoms with Crippen LogP contribution in [0.25, 0.3) is 5.69 Å². The Morgan fingerprint density at radius 3 is 2.66 bits per heavy atom.